The molecule has 3 N–H and O–H groups in total. The molecule has 4 heteroatoms. The molecule has 0 aliphatic carbocycles. The second kappa shape index (κ2) is 4.89. The lowest BCUT2D eigenvalue weighted by Gasteiger charge is -2.13. The molecule has 0 unspecified atom stereocenters. The van der Waals surface area contributed by atoms with Crippen LogP contribution in [0.1, 0.15) is 18.1 Å². The van der Waals surface area contributed by atoms with E-state index in [2.05, 4.69) is 12.2 Å². The van der Waals surface area contributed by atoms with Crippen molar-refractivity contribution in [3.63, 3.8) is 0 Å². The summed E-state index contributed by atoms with van der Waals surface area (Å²) in [6, 6.07) is 11.5. The molecule has 1 amide bonds. The van der Waals surface area contributed by atoms with E-state index in [0.717, 1.165) is 29.0 Å². The Morgan fingerprint density at radius 1 is 1.25 bits per heavy atom. The predicted octanol–water partition coefficient (Wildman–Crippen LogP) is 3.12. The van der Waals surface area contributed by atoms with Gasteiger partial charge in [-0.1, -0.05) is 25.1 Å². The number of para-hydroxylation sites is 1. The summed E-state index contributed by atoms with van der Waals surface area (Å²) in [5.74, 6) is 1.36. The van der Waals surface area contributed by atoms with Gasteiger partial charge in [0.05, 0.1) is 12.1 Å². The molecule has 0 fully saturated rings. The van der Waals surface area contributed by atoms with Gasteiger partial charge in [-0.2, -0.15) is 0 Å². The van der Waals surface area contributed by atoms with Gasteiger partial charge in [0.15, 0.2) is 5.75 Å². The van der Waals surface area contributed by atoms with Gasteiger partial charge in [-0.05, 0) is 29.7 Å². The largest absolute Gasteiger partial charge is 0.455 e. The average molecular weight is 268 g/mol. The van der Waals surface area contributed by atoms with E-state index in [1.807, 2.05) is 24.3 Å². The highest BCUT2D eigenvalue weighted by atomic mass is 16.5. The highest BCUT2D eigenvalue weighted by molar-refractivity contribution is 6.00. The molecule has 4 nitrogen and oxygen atoms in total. The van der Waals surface area contributed by atoms with Crippen LogP contribution in [0, 0.1) is 0 Å². The summed E-state index contributed by atoms with van der Waals surface area (Å²) in [7, 11) is 0. The maximum absolute atomic E-state index is 11.4. The van der Waals surface area contributed by atoms with Crippen LogP contribution in [0.5, 0.6) is 11.5 Å². The summed E-state index contributed by atoms with van der Waals surface area (Å²) >= 11 is 0. The summed E-state index contributed by atoms with van der Waals surface area (Å²) in [4.78, 5) is 11.4. The summed E-state index contributed by atoms with van der Waals surface area (Å²) in [5, 5.41) is 2.80. The molecule has 0 atom stereocenters. The molecule has 0 saturated heterocycles. The fourth-order valence-corrected chi connectivity index (χ4v) is 2.38. The lowest BCUT2D eigenvalue weighted by atomic mass is 10.1. The molecule has 20 heavy (non-hydrogen) atoms. The first-order chi connectivity index (χ1) is 9.67. The van der Waals surface area contributed by atoms with Crippen LogP contribution in [0.2, 0.25) is 0 Å². The third-order valence-corrected chi connectivity index (χ3v) is 3.43. The van der Waals surface area contributed by atoms with Gasteiger partial charge in [0.25, 0.3) is 0 Å². The Balaban J connectivity index is 1.96. The fourth-order valence-electron chi connectivity index (χ4n) is 2.38. The number of ether oxygens (including phenoxy) is 1. The first kappa shape index (κ1) is 12.5. The Hall–Kier alpha value is -2.49. The van der Waals surface area contributed by atoms with Crippen LogP contribution >= 0.6 is 0 Å². The van der Waals surface area contributed by atoms with Crippen molar-refractivity contribution in [2.75, 3.05) is 11.1 Å². The van der Waals surface area contributed by atoms with Crippen molar-refractivity contribution in [3.05, 3.63) is 47.5 Å². The molecule has 2 aromatic carbocycles. The zero-order chi connectivity index (χ0) is 14.1. The number of hydrogen-bond donors (Lipinski definition) is 2. The van der Waals surface area contributed by atoms with Crippen molar-refractivity contribution in [3.8, 4) is 11.5 Å². The minimum atomic E-state index is -0.00879. The molecule has 0 bridgehead atoms. The van der Waals surface area contributed by atoms with Crippen molar-refractivity contribution in [2.45, 2.75) is 19.8 Å². The predicted molar refractivity (Wildman–Crippen MR) is 79.1 cm³/mol. The number of aryl methyl sites for hydroxylation is 1. The molecule has 0 spiro atoms. The number of nitrogen functional groups attached to an aromatic ring is 1. The topological polar surface area (TPSA) is 64.3 Å². The van der Waals surface area contributed by atoms with Crippen molar-refractivity contribution < 1.29 is 9.53 Å². The van der Waals surface area contributed by atoms with E-state index in [-0.39, 0.29) is 5.91 Å². The molecule has 3 rings (SSSR count). The van der Waals surface area contributed by atoms with E-state index < -0.39 is 0 Å². The van der Waals surface area contributed by atoms with E-state index >= 15 is 0 Å². The third-order valence-electron chi connectivity index (χ3n) is 3.43. The second-order valence-electron chi connectivity index (χ2n) is 4.84. The van der Waals surface area contributed by atoms with Crippen molar-refractivity contribution in [2.24, 2.45) is 0 Å². The summed E-state index contributed by atoms with van der Waals surface area (Å²) in [6.45, 7) is 2.08. The van der Waals surface area contributed by atoms with Crippen molar-refractivity contribution in [1.29, 1.82) is 0 Å². The second-order valence-corrected chi connectivity index (χ2v) is 4.84. The number of hydrogen-bond acceptors (Lipinski definition) is 3. The van der Waals surface area contributed by atoms with Gasteiger partial charge in [-0.3, -0.25) is 4.79 Å². The number of benzene rings is 2. The van der Waals surface area contributed by atoms with Crippen LogP contribution in [0.4, 0.5) is 11.4 Å². The smallest absolute Gasteiger partial charge is 0.228 e. The van der Waals surface area contributed by atoms with Crippen LogP contribution in [0.15, 0.2) is 36.4 Å². The Labute approximate surface area is 117 Å². The zero-order valence-electron chi connectivity index (χ0n) is 11.3. The number of amides is 1. The highest BCUT2D eigenvalue weighted by Gasteiger charge is 2.20. The van der Waals surface area contributed by atoms with Crippen LogP contribution in [0.25, 0.3) is 0 Å². The quantitative estimate of drug-likeness (QED) is 0.841. The summed E-state index contributed by atoms with van der Waals surface area (Å²) in [5.41, 5.74) is 9.39. The number of anilines is 2. The lowest BCUT2D eigenvalue weighted by molar-refractivity contribution is -0.115. The molecule has 1 aliphatic heterocycles. The number of nitrogens with one attached hydrogen (secondary N) is 1. The zero-order valence-corrected chi connectivity index (χ0v) is 11.3. The number of carbonyl (C=O) groups excluding carboxylic acids is 1. The summed E-state index contributed by atoms with van der Waals surface area (Å²) < 4.78 is 5.92. The molecular weight excluding hydrogens is 252 g/mol. The van der Waals surface area contributed by atoms with E-state index in [1.165, 1.54) is 0 Å². The van der Waals surface area contributed by atoms with Gasteiger partial charge >= 0.3 is 0 Å². The van der Waals surface area contributed by atoms with Gasteiger partial charge in [0.1, 0.15) is 5.75 Å². The van der Waals surface area contributed by atoms with Crippen LogP contribution in [0.3, 0.4) is 0 Å². The molecule has 1 heterocycles. The van der Waals surface area contributed by atoms with E-state index in [4.69, 9.17) is 10.5 Å². The first-order valence-electron chi connectivity index (χ1n) is 6.65. The van der Waals surface area contributed by atoms with Crippen LogP contribution < -0.4 is 15.8 Å². The summed E-state index contributed by atoms with van der Waals surface area (Å²) in [6.07, 6.45) is 1.27. The standard InChI is InChI=1S/C16H16N2O2/c1-2-10-5-3-4-6-14(10)20-15-9-13-11(7-12(15)17)8-16(19)18-13/h3-7,9H,2,8,17H2,1H3,(H,18,19). The fraction of sp³-hybridized carbons (Fsp3) is 0.188. The molecule has 102 valence electrons. The SMILES string of the molecule is CCc1ccccc1Oc1cc2c(cc1N)CC(=O)N2. The van der Waals surface area contributed by atoms with Gasteiger partial charge in [0.2, 0.25) is 5.91 Å². The molecule has 0 aromatic heterocycles. The molecule has 1 aliphatic rings. The van der Waals surface area contributed by atoms with Gasteiger partial charge in [-0.15, -0.1) is 0 Å². The van der Waals surface area contributed by atoms with Gasteiger partial charge in [0, 0.05) is 11.8 Å². The van der Waals surface area contributed by atoms with Crippen molar-refractivity contribution in [1.82, 2.24) is 0 Å². The molecule has 0 saturated carbocycles. The van der Waals surface area contributed by atoms with E-state index in [1.54, 1.807) is 12.1 Å². The third kappa shape index (κ3) is 2.20. The number of nitrogens with two attached hydrogens (primary N) is 1. The Morgan fingerprint density at radius 2 is 2.05 bits per heavy atom. The van der Waals surface area contributed by atoms with E-state index in [9.17, 15) is 4.79 Å². The average Bonchev–Trinajstić information content (AvgIpc) is 2.79. The number of carbonyl (C=O) groups is 1. The van der Waals surface area contributed by atoms with Crippen molar-refractivity contribution >= 4 is 17.3 Å². The molecule has 2 aromatic rings. The minimum absolute atomic E-state index is 0.00879. The van der Waals surface area contributed by atoms with Gasteiger partial charge < -0.3 is 15.8 Å². The lowest BCUT2D eigenvalue weighted by Crippen LogP contribution is -2.03. The minimum Gasteiger partial charge on any atom is -0.455 e. The normalized spacial score (nSPS) is 12.9. The van der Waals surface area contributed by atoms with Crippen LogP contribution in [-0.4, -0.2) is 5.91 Å². The Bertz CT molecular complexity index is 680. The van der Waals surface area contributed by atoms with Crippen LogP contribution in [-0.2, 0) is 17.6 Å². The molecular formula is C16H16N2O2. The maximum atomic E-state index is 11.4. The number of rotatable bonds is 3. The monoisotopic (exact) mass is 268 g/mol. The Morgan fingerprint density at radius 3 is 2.85 bits per heavy atom. The highest BCUT2D eigenvalue weighted by Crippen LogP contribution is 2.36. The first-order valence-corrected chi connectivity index (χ1v) is 6.65. The molecule has 0 radical (unpaired) electrons. The van der Waals surface area contributed by atoms with Gasteiger partial charge in [-0.25, -0.2) is 0 Å². The maximum Gasteiger partial charge on any atom is 0.228 e. The number of fused-ring (bicyclic) bond motifs is 1. The Kier molecular flexibility index (Phi) is 3.06. The van der Waals surface area contributed by atoms with E-state index in [0.29, 0.717) is 17.9 Å².